The molecule has 0 spiro atoms. The highest BCUT2D eigenvalue weighted by molar-refractivity contribution is 6.23. The molecule has 152 valence electrons. The zero-order valence-corrected chi connectivity index (χ0v) is 16.8. The van der Waals surface area contributed by atoms with Gasteiger partial charge < -0.3 is 9.47 Å². The highest BCUT2D eigenvalue weighted by Crippen LogP contribution is 2.32. The Hall–Kier alpha value is -3.45. The fraction of sp³-hybridized carbons (Fsp3) is 0.182. The van der Waals surface area contributed by atoms with Crippen LogP contribution in [-0.2, 0) is 14.3 Å². The maximum atomic E-state index is 12.6. The quantitative estimate of drug-likeness (QED) is 0.547. The molecule has 0 saturated heterocycles. The molecular weight excluding hydrogens is 406 g/mol. The number of amides is 1. The van der Waals surface area contributed by atoms with Crippen LogP contribution in [0.5, 0.6) is 0 Å². The molecule has 0 aliphatic carbocycles. The van der Waals surface area contributed by atoms with E-state index in [0.717, 1.165) is 16.2 Å². The second kappa shape index (κ2) is 8.51. The van der Waals surface area contributed by atoms with Crippen LogP contribution in [0.4, 0.5) is 4.79 Å². The van der Waals surface area contributed by atoms with E-state index in [4.69, 9.17) is 21.1 Å². The first-order valence-electron chi connectivity index (χ1n) is 9.34. The van der Waals surface area contributed by atoms with Crippen molar-refractivity contribution in [2.75, 3.05) is 0 Å². The number of carbonyl (C=O) groups is 2. The number of nitrogens with zero attached hydrogens (tertiary/aromatic N) is 3. The Labute approximate surface area is 178 Å². The summed E-state index contributed by atoms with van der Waals surface area (Å²) in [6.45, 7) is 1.52. The van der Waals surface area contributed by atoms with Gasteiger partial charge in [-0.15, -0.1) is 10.2 Å². The highest BCUT2D eigenvalue weighted by atomic mass is 35.5. The number of rotatable bonds is 4. The second-order valence-electron chi connectivity index (χ2n) is 6.69. The average molecular weight is 424 g/mol. The summed E-state index contributed by atoms with van der Waals surface area (Å²) >= 11 is 5.81. The summed E-state index contributed by atoms with van der Waals surface area (Å²) in [6.07, 6.45) is 2.23. The van der Waals surface area contributed by atoms with E-state index in [9.17, 15) is 9.59 Å². The van der Waals surface area contributed by atoms with Gasteiger partial charge in [0.05, 0.1) is 29.5 Å². The van der Waals surface area contributed by atoms with Crippen LogP contribution in [0, 0.1) is 11.8 Å². The summed E-state index contributed by atoms with van der Waals surface area (Å²) in [5, 5.41) is 9.74. The number of esters is 1. The molecule has 1 amide bonds. The van der Waals surface area contributed by atoms with Crippen LogP contribution in [0.2, 0.25) is 0 Å². The molecule has 0 saturated carbocycles. The Morgan fingerprint density at radius 2 is 1.57 bits per heavy atom. The molecule has 0 bridgehead atoms. The molecule has 2 aromatic rings. The van der Waals surface area contributed by atoms with Gasteiger partial charge in [0.1, 0.15) is 0 Å². The van der Waals surface area contributed by atoms with Crippen LogP contribution in [0.1, 0.15) is 18.1 Å². The lowest BCUT2D eigenvalue weighted by atomic mass is 9.79. The molecule has 2 aliphatic rings. The van der Waals surface area contributed by atoms with Gasteiger partial charge in [0.2, 0.25) is 0 Å². The van der Waals surface area contributed by atoms with E-state index in [0.29, 0.717) is 11.4 Å². The minimum absolute atomic E-state index is 0.405. The summed E-state index contributed by atoms with van der Waals surface area (Å²) in [7, 11) is 0. The minimum atomic E-state index is -0.853. The average Bonchev–Trinajstić information content (AvgIpc) is 3.19. The number of benzene rings is 2. The van der Waals surface area contributed by atoms with Gasteiger partial charge in [-0.05, 0) is 24.1 Å². The van der Waals surface area contributed by atoms with Crippen molar-refractivity contribution in [1.82, 2.24) is 5.12 Å². The fourth-order valence-corrected chi connectivity index (χ4v) is 3.45. The van der Waals surface area contributed by atoms with Gasteiger partial charge in [0.25, 0.3) is 0 Å². The predicted octanol–water partition coefficient (Wildman–Crippen LogP) is 4.13. The van der Waals surface area contributed by atoms with E-state index < -0.39 is 29.5 Å². The Bertz CT molecular complexity index is 977. The Morgan fingerprint density at radius 1 is 1.03 bits per heavy atom. The van der Waals surface area contributed by atoms with Crippen LogP contribution in [0.25, 0.3) is 0 Å². The Balaban J connectivity index is 1.87. The molecular formula is C22H18ClN3O4. The van der Waals surface area contributed by atoms with Crippen LogP contribution in [-0.4, -0.2) is 34.2 Å². The van der Waals surface area contributed by atoms with Crippen molar-refractivity contribution >= 4 is 35.1 Å². The number of hydrogen-bond donors (Lipinski definition) is 0. The number of halogens is 1. The van der Waals surface area contributed by atoms with Crippen molar-refractivity contribution in [3.8, 4) is 0 Å². The highest BCUT2D eigenvalue weighted by Gasteiger charge is 2.42. The van der Waals surface area contributed by atoms with E-state index >= 15 is 0 Å². The number of ether oxygens (including phenoxy) is 2. The Morgan fingerprint density at radius 3 is 2.00 bits per heavy atom. The predicted molar refractivity (Wildman–Crippen MR) is 112 cm³/mol. The number of alkyl halides is 1. The minimum Gasteiger partial charge on any atom is -0.434 e. The van der Waals surface area contributed by atoms with Crippen molar-refractivity contribution in [1.29, 1.82) is 0 Å². The third-order valence-corrected chi connectivity index (χ3v) is 4.75. The molecule has 0 radical (unpaired) electrons. The van der Waals surface area contributed by atoms with Crippen LogP contribution in [0.15, 0.2) is 83.2 Å². The van der Waals surface area contributed by atoms with Crippen LogP contribution in [0.3, 0.4) is 0 Å². The zero-order chi connectivity index (χ0) is 21.1. The molecule has 2 aromatic carbocycles. The van der Waals surface area contributed by atoms with Crippen LogP contribution >= 0.6 is 11.6 Å². The molecule has 0 N–H and O–H groups in total. The molecule has 30 heavy (non-hydrogen) atoms. The van der Waals surface area contributed by atoms with Gasteiger partial charge in [-0.3, -0.25) is 4.79 Å². The molecule has 2 heterocycles. The Kier molecular flexibility index (Phi) is 5.63. The third-order valence-electron chi connectivity index (χ3n) is 4.66. The van der Waals surface area contributed by atoms with E-state index in [-0.39, 0.29) is 0 Å². The number of cyclic esters (lactones) is 1. The zero-order valence-electron chi connectivity index (χ0n) is 16.0. The lowest BCUT2D eigenvalue weighted by Crippen LogP contribution is -2.42. The third kappa shape index (κ3) is 3.97. The summed E-state index contributed by atoms with van der Waals surface area (Å²) < 4.78 is 10.1. The topological polar surface area (TPSA) is 80.6 Å². The second-order valence-corrected chi connectivity index (χ2v) is 7.30. The summed E-state index contributed by atoms with van der Waals surface area (Å²) in [5.74, 6) is -1.59. The van der Waals surface area contributed by atoms with Gasteiger partial charge in [-0.1, -0.05) is 77.4 Å². The maximum absolute atomic E-state index is 12.6. The lowest BCUT2D eigenvalue weighted by molar-refractivity contribution is -0.139. The molecule has 2 aliphatic heterocycles. The molecule has 8 heteroatoms. The number of hydrazone groups is 2. The van der Waals surface area contributed by atoms with E-state index in [2.05, 4.69) is 10.2 Å². The smallest absolute Gasteiger partial charge is 0.434 e. The van der Waals surface area contributed by atoms with Gasteiger partial charge >= 0.3 is 12.1 Å². The van der Waals surface area contributed by atoms with Crippen molar-refractivity contribution in [3.05, 3.63) is 84.1 Å². The van der Waals surface area contributed by atoms with Crippen molar-refractivity contribution in [2.45, 2.75) is 12.5 Å². The first-order valence-corrected chi connectivity index (χ1v) is 9.78. The lowest BCUT2D eigenvalue weighted by Gasteiger charge is -2.30. The van der Waals surface area contributed by atoms with Gasteiger partial charge in [-0.25, -0.2) is 4.79 Å². The van der Waals surface area contributed by atoms with Crippen LogP contribution < -0.4 is 0 Å². The first kappa shape index (κ1) is 19.8. The van der Waals surface area contributed by atoms with Gasteiger partial charge in [0, 0.05) is 0 Å². The van der Waals surface area contributed by atoms with E-state index in [1.54, 1.807) is 6.08 Å². The van der Waals surface area contributed by atoms with Gasteiger partial charge in [-0.2, -0.15) is 0 Å². The molecule has 2 atom stereocenters. The van der Waals surface area contributed by atoms with E-state index in [1.807, 2.05) is 60.7 Å². The summed E-state index contributed by atoms with van der Waals surface area (Å²) in [4.78, 5) is 25.0. The largest absolute Gasteiger partial charge is 0.453 e. The van der Waals surface area contributed by atoms with E-state index in [1.165, 1.54) is 13.2 Å². The maximum Gasteiger partial charge on any atom is 0.453 e. The van der Waals surface area contributed by atoms with Gasteiger partial charge in [0.15, 0.2) is 5.56 Å². The standard InChI is InChI=1S/C22H18ClN3O4/c1-14(23)30-22(28)26-24-19(15-8-4-2-5-9-15)18(17-12-13-29-21(17)27)20(25-26)16-10-6-3-7-11-16/h2-14,17-18H,1H3. The molecule has 0 fully saturated rings. The molecule has 0 aromatic heterocycles. The SMILES string of the molecule is CC(Cl)OC(=O)N1N=C(c2ccccc2)C(C2C=COC2=O)C(c2ccccc2)=N1. The molecule has 4 rings (SSSR count). The first-order chi connectivity index (χ1) is 14.5. The normalized spacial score (nSPS) is 19.7. The number of carbonyl (C=O) groups excluding carboxylic acids is 2. The fourth-order valence-electron chi connectivity index (χ4n) is 3.38. The molecule has 7 nitrogen and oxygen atoms in total. The van der Waals surface area contributed by atoms with Crippen molar-refractivity contribution < 1.29 is 19.1 Å². The molecule has 2 unspecified atom stereocenters. The summed E-state index contributed by atoms with van der Waals surface area (Å²) in [6, 6.07) is 18.6. The number of hydrogen-bond acceptors (Lipinski definition) is 6. The monoisotopic (exact) mass is 423 g/mol. The summed E-state index contributed by atoms with van der Waals surface area (Å²) in [5.41, 5.74) is 1.63. The van der Waals surface area contributed by atoms with Crippen molar-refractivity contribution in [3.63, 3.8) is 0 Å². The van der Waals surface area contributed by atoms with Crippen molar-refractivity contribution in [2.24, 2.45) is 22.0 Å².